The first kappa shape index (κ1) is 17.8. The van der Waals surface area contributed by atoms with Crippen LogP contribution in [0.1, 0.15) is 19.0 Å². The standard InChI is InChI=1S/C17H19N3O3S2/c1-12-5-3-6-17(18-12)19-25(22,23)14-7-8-16-15(11-14)20(13(2)21)9-4-10-24-16/h3,5-8,11H,4,9-10H2,1-2H3,(H,18,19). The van der Waals surface area contributed by atoms with Crippen LogP contribution in [-0.4, -0.2) is 31.6 Å². The Bertz CT molecular complexity index is 913. The third kappa shape index (κ3) is 3.96. The molecule has 6 nitrogen and oxygen atoms in total. The Morgan fingerprint density at radius 2 is 2.08 bits per heavy atom. The van der Waals surface area contributed by atoms with Crippen LogP contribution in [0.4, 0.5) is 11.5 Å². The van der Waals surface area contributed by atoms with Crippen LogP contribution in [-0.2, 0) is 14.8 Å². The first-order valence-corrected chi connectivity index (χ1v) is 10.3. The van der Waals surface area contributed by atoms with Gasteiger partial charge in [0.25, 0.3) is 10.0 Å². The molecule has 1 N–H and O–H groups in total. The molecule has 8 heteroatoms. The number of thioether (sulfide) groups is 1. The van der Waals surface area contributed by atoms with Crippen molar-refractivity contribution < 1.29 is 13.2 Å². The lowest BCUT2D eigenvalue weighted by Gasteiger charge is -2.21. The average molecular weight is 377 g/mol. The second-order valence-corrected chi connectivity index (χ2v) is 8.59. The number of benzene rings is 1. The fraction of sp³-hybridized carbons (Fsp3) is 0.294. The maximum absolute atomic E-state index is 12.7. The van der Waals surface area contributed by atoms with Crippen molar-refractivity contribution in [3.8, 4) is 0 Å². The first-order chi connectivity index (χ1) is 11.9. The molecule has 0 spiro atoms. The highest BCUT2D eigenvalue weighted by molar-refractivity contribution is 7.99. The van der Waals surface area contributed by atoms with Gasteiger partial charge in [-0.05, 0) is 49.4 Å². The van der Waals surface area contributed by atoms with Gasteiger partial charge >= 0.3 is 0 Å². The van der Waals surface area contributed by atoms with Crippen LogP contribution >= 0.6 is 11.8 Å². The largest absolute Gasteiger partial charge is 0.311 e. The Morgan fingerprint density at radius 3 is 2.80 bits per heavy atom. The van der Waals surface area contributed by atoms with Gasteiger partial charge in [-0.25, -0.2) is 13.4 Å². The lowest BCUT2D eigenvalue weighted by molar-refractivity contribution is -0.116. The lowest BCUT2D eigenvalue weighted by Crippen LogP contribution is -2.29. The zero-order chi connectivity index (χ0) is 18.0. The van der Waals surface area contributed by atoms with E-state index in [9.17, 15) is 13.2 Å². The number of anilines is 2. The molecular formula is C17H19N3O3S2. The molecule has 0 atom stereocenters. The quantitative estimate of drug-likeness (QED) is 0.889. The number of carbonyl (C=O) groups is 1. The van der Waals surface area contributed by atoms with Crippen LogP contribution in [0.15, 0.2) is 46.2 Å². The zero-order valence-electron chi connectivity index (χ0n) is 14.0. The molecule has 25 heavy (non-hydrogen) atoms. The number of fused-ring (bicyclic) bond motifs is 1. The molecule has 1 aliphatic heterocycles. The summed E-state index contributed by atoms with van der Waals surface area (Å²) in [5.74, 6) is 1.08. The number of pyridine rings is 1. The van der Waals surface area contributed by atoms with Crippen LogP contribution in [0.3, 0.4) is 0 Å². The van der Waals surface area contributed by atoms with Gasteiger partial charge in [0, 0.05) is 24.1 Å². The Hall–Kier alpha value is -2.06. The Balaban J connectivity index is 1.98. The molecule has 0 unspecified atom stereocenters. The van der Waals surface area contributed by atoms with Crippen molar-refractivity contribution in [1.29, 1.82) is 0 Å². The summed E-state index contributed by atoms with van der Waals surface area (Å²) < 4.78 is 27.9. The van der Waals surface area contributed by atoms with Gasteiger partial charge in [0.2, 0.25) is 5.91 Å². The van der Waals surface area contributed by atoms with E-state index in [1.165, 1.54) is 6.92 Å². The maximum Gasteiger partial charge on any atom is 0.263 e. The molecule has 2 heterocycles. The predicted octanol–water partition coefficient (Wildman–Crippen LogP) is 3.04. The molecule has 0 bridgehead atoms. The van der Waals surface area contributed by atoms with E-state index in [0.29, 0.717) is 12.2 Å². The molecule has 3 rings (SSSR count). The van der Waals surface area contributed by atoms with Crippen molar-refractivity contribution in [1.82, 2.24) is 4.98 Å². The number of hydrogen-bond acceptors (Lipinski definition) is 5. The van der Waals surface area contributed by atoms with Crippen molar-refractivity contribution in [2.45, 2.75) is 30.1 Å². The molecule has 1 aromatic carbocycles. The number of sulfonamides is 1. The van der Waals surface area contributed by atoms with Crippen molar-refractivity contribution in [2.24, 2.45) is 0 Å². The third-order valence-electron chi connectivity index (χ3n) is 3.82. The summed E-state index contributed by atoms with van der Waals surface area (Å²) >= 11 is 1.63. The van der Waals surface area contributed by atoms with Gasteiger partial charge in [-0.15, -0.1) is 11.8 Å². The van der Waals surface area contributed by atoms with E-state index in [1.54, 1.807) is 60.0 Å². The van der Waals surface area contributed by atoms with Crippen LogP contribution < -0.4 is 9.62 Å². The number of rotatable bonds is 3. The molecule has 1 amide bonds. The second kappa shape index (κ2) is 7.05. The van der Waals surface area contributed by atoms with E-state index in [1.807, 2.05) is 0 Å². The number of nitrogens with one attached hydrogen (secondary N) is 1. The van der Waals surface area contributed by atoms with E-state index in [-0.39, 0.29) is 16.6 Å². The maximum atomic E-state index is 12.7. The van der Waals surface area contributed by atoms with Crippen molar-refractivity contribution in [3.05, 3.63) is 42.1 Å². The van der Waals surface area contributed by atoms with Gasteiger partial charge in [0.15, 0.2) is 0 Å². The highest BCUT2D eigenvalue weighted by Crippen LogP contribution is 2.36. The molecule has 132 valence electrons. The monoisotopic (exact) mass is 377 g/mol. The summed E-state index contributed by atoms with van der Waals surface area (Å²) in [6.45, 7) is 3.88. The molecule has 1 aromatic heterocycles. The molecule has 0 aliphatic carbocycles. The number of aromatic nitrogens is 1. The number of carbonyl (C=O) groups excluding carboxylic acids is 1. The van der Waals surface area contributed by atoms with E-state index in [4.69, 9.17) is 0 Å². The summed E-state index contributed by atoms with van der Waals surface area (Å²) in [5, 5.41) is 0. The van der Waals surface area contributed by atoms with Crippen molar-refractivity contribution in [2.75, 3.05) is 21.9 Å². The first-order valence-electron chi connectivity index (χ1n) is 7.88. The number of hydrogen-bond donors (Lipinski definition) is 1. The Morgan fingerprint density at radius 1 is 1.28 bits per heavy atom. The normalized spacial score (nSPS) is 14.6. The van der Waals surface area contributed by atoms with E-state index >= 15 is 0 Å². The van der Waals surface area contributed by atoms with Gasteiger partial charge in [-0.1, -0.05) is 6.07 Å². The third-order valence-corrected chi connectivity index (χ3v) is 6.32. The Kier molecular flexibility index (Phi) is 5.01. The van der Waals surface area contributed by atoms with Gasteiger partial charge in [0.05, 0.1) is 10.6 Å². The average Bonchev–Trinajstić information content (AvgIpc) is 2.76. The summed E-state index contributed by atoms with van der Waals surface area (Å²) in [5.41, 5.74) is 1.37. The van der Waals surface area contributed by atoms with Gasteiger partial charge in [-0.3, -0.25) is 9.52 Å². The molecule has 0 saturated heterocycles. The van der Waals surface area contributed by atoms with Gasteiger partial charge in [-0.2, -0.15) is 0 Å². The Labute approximate surface area is 151 Å². The topological polar surface area (TPSA) is 79.4 Å². The fourth-order valence-electron chi connectivity index (χ4n) is 2.65. The molecule has 0 saturated carbocycles. The van der Waals surface area contributed by atoms with Crippen molar-refractivity contribution >= 4 is 39.2 Å². The molecule has 2 aromatic rings. The van der Waals surface area contributed by atoms with E-state index < -0.39 is 10.0 Å². The predicted molar refractivity (Wildman–Crippen MR) is 99.6 cm³/mol. The minimum Gasteiger partial charge on any atom is -0.311 e. The zero-order valence-corrected chi connectivity index (χ0v) is 15.7. The van der Waals surface area contributed by atoms with Gasteiger partial charge < -0.3 is 4.90 Å². The van der Waals surface area contributed by atoms with Crippen LogP contribution in [0, 0.1) is 6.92 Å². The summed E-state index contributed by atoms with van der Waals surface area (Å²) in [6, 6.07) is 10.0. The summed E-state index contributed by atoms with van der Waals surface area (Å²) in [7, 11) is -3.78. The number of nitrogens with zero attached hydrogens (tertiary/aromatic N) is 2. The smallest absolute Gasteiger partial charge is 0.263 e. The number of amides is 1. The molecule has 1 aliphatic rings. The molecule has 0 fully saturated rings. The van der Waals surface area contributed by atoms with E-state index in [0.717, 1.165) is 22.8 Å². The van der Waals surface area contributed by atoms with Crippen molar-refractivity contribution in [3.63, 3.8) is 0 Å². The van der Waals surface area contributed by atoms with Crippen LogP contribution in [0.25, 0.3) is 0 Å². The summed E-state index contributed by atoms with van der Waals surface area (Å²) in [6.07, 6.45) is 0.868. The highest BCUT2D eigenvalue weighted by Gasteiger charge is 2.23. The molecular weight excluding hydrogens is 358 g/mol. The second-order valence-electron chi connectivity index (χ2n) is 5.77. The SMILES string of the molecule is CC(=O)N1CCCSc2ccc(S(=O)(=O)Nc3cccc(C)n3)cc21. The number of aryl methyl sites for hydroxylation is 1. The molecule has 0 radical (unpaired) electrons. The van der Waals surface area contributed by atoms with Crippen LogP contribution in [0.2, 0.25) is 0 Å². The summed E-state index contributed by atoms with van der Waals surface area (Å²) in [4.78, 5) is 18.8. The van der Waals surface area contributed by atoms with Gasteiger partial charge in [0.1, 0.15) is 5.82 Å². The minimum absolute atomic E-state index is 0.0911. The lowest BCUT2D eigenvalue weighted by atomic mass is 10.2. The fourth-order valence-corrected chi connectivity index (χ4v) is 4.64. The highest BCUT2D eigenvalue weighted by atomic mass is 32.2. The van der Waals surface area contributed by atoms with E-state index in [2.05, 4.69) is 9.71 Å². The minimum atomic E-state index is -3.78. The van der Waals surface area contributed by atoms with Crippen LogP contribution in [0.5, 0.6) is 0 Å².